The van der Waals surface area contributed by atoms with Crippen LogP contribution in [0.3, 0.4) is 0 Å². The maximum Gasteiger partial charge on any atom is 0.410 e. The molecule has 2 saturated heterocycles. The van der Waals surface area contributed by atoms with E-state index in [1.165, 1.54) is 26.7 Å². The Morgan fingerprint density at radius 1 is 0.877 bits per heavy atom. The zero-order chi connectivity index (χ0) is 52.9. The lowest BCUT2D eigenvalue weighted by Gasteiger charge is -2.35. The number of likely N-dealkylation sites (tertiary alicyclic amines) is 1. The van der Waals surface area contributed by atoms with Gasteiger partial charge in [0.2, 0.25) is 35.0 Å². The Morgan fingerprint density at radius 3 is 2.22 bits per heavy atom. The minimum absolute atomic E-state index is 0.0360. The quantitative estimate of drug-likeness (QED) is 0.0458. The minimum atomic E-state index is -1.39. The third-order valence-electron chi connectivity index (χ3n) is 12.8. The molecule has 73 heavy (non-hydrogen) atoms. The van der Waals surface area contributed by atoms with Gasteiger partial charge in [-0.15, -0.1) is 5.10 Å². The molecule has 0 bridgehead atoms. The van der Waals surface area contributed by atoms with E-state index in [1.807, 2.05) is 13.8 Å². The fourth-order valence-electron chi connectivity index (χ4n) is 8.65. The standard InChI is InChI=1S/C49H63FN12O11/c1-5-58-26-34(47(69)70)44(66)33-24-35(50)39(25-38(33)58)59-20-22-60(23-21-59)49(72)73-28-31-12-14-32(15-13-31)54-46(68)37(10-9-18-52-48(51)71)62-27-36(56-57-62)43(29(2)3)55-45(67)30(4)53-40(63)11-7-6-8-19-61-41(64)16-17-42(61)65/h12-15,24-27,29-30,37,43H,5-11,16-23,28H2,1-4H3,(H,53,63)(H,54,68)(H,55,67)(H,69,70)(H3,51,52,71)/t30-,37+,43?/m1/s1. The highest BCUT2D eigenvalue weighted by atomic mass is 19.1. The number of carboxylic acid groups (broad SMARTS) is 1. The van der Waals surface area contributed by atoms with Crippen LogP contribution in [0.2, 0.25) is 0 Å². The van der Waals surface area contributed by atoms with E-state index >= 15 is 4.39 Å². The molecule has 7 N–H and O–H groups in total. The summed E-state index contributed by atoms with van der Waals surface area (Å²) in [7, 11) is 0. The number of anilines is 2. The molecule has 2 aromatic heterocycles. The lowest BCUT2D eigenvalue weighted by molar-refractivity contribution is -0.138. The van der Waals surface area contributed by atoms with Gasteiger partial charge in [-0.3, -0.25) is 33.7 Å². The topological polar surface area (TPSA) is 303 Å². The highest BCUT2D eigenvalue weighted by Gasteiger charge is 2.30. The summed E-state index contributed by atoms with van der Waals surface area (Å²) in [6.07, 6.45) is 5.14. The van der Waals surface area contributed by atoms with Crippen LogP contribution in [0.1, 0.15) is 113 Å². The first-order valence-electron chi connectivity index (χ1n) is 24.4. The summed E-state index contributed by atoms with van der Waals surface area (Å²) < 4.78 is 24.0. The van der Waals surface area contributed by atoms with E-state index in [2.05, 4.69) is 31.6 Å². The van der Waals surface area contributed by atoms with Gasteiger partial charge in [0.05, 0.1) is 23.4 Å². The number of benzene rings is 2. The number of ether oxygens (including phenoxy) is 1. The van der Waals surface area contributed by atoms with Crippen LogP contribution >= 0.6 is 0 Å². The van der Waals surface area contributed by atoms with Crippen LogP contribution in [0.15, 0.2) is 53.6 Å². The number of halogens is 1. The molecule has 3 atom stereocenters. The number of aryl methyl sites for hydroxylation is 1. The van der Waals surface area contributed by atoms with Crippen LogP contribution in [0, 0.1) is 11.7 Å². The number of carboxylic acids is 1. The van der Waals surface area contributed by atoms with Crippen molar-refractivity contribution in [3.63, 3.8) is 0 Å². The zero-order valence-corrected chi connectivity index (χ0v) is 41.4. The van der Waals surface area contributed by atoms with Crippen LogP contribution in [0.4, 0.5) is 25.4 Å². The Morgan fingerprint density at radius 2 is 1.58 bits per heavy atom. The molecule has 2 aliphatic rings. The zero-order valence-electron chi connectivity index (χ0n) is 41.4. The molecule has 24 heteroatoms. The Bertz CT molecular complexity index is 2740. The van der Waals surface area contributed by atoms with Gasteiger partial charge in [-0.05, 0) is 75.3 Å². The van der Waals surface area contributed by atoms with Crippen molar-refractivity contribution in [2.75, 3.05) is 49.5 Å². The number of aromatic carboxylic acids is 1. The predicted octanol–water partition coefficient (Wildman–Crippen LogP) is 3.56. The maximum atomic E-state index is 15.4. The molecule has 4 heterocycles. The van der Waals surface area contributed by atoms with E-state index in [9.17, 15) is 48.3 Å². The minimum Gasteiger partial charge on any atom is -0.477 e. The molecule has 23 nitrogen and oxygen atoms in total. The van der Waals surface area contributed by atoms with E-state index < -0.39 is 64.8 Å². The van der Waals surface area contributed by atoms with Gasteiger partial charge >= 0.3 is 18.1 Å². The molecular weight excluding hydrogens is 952 g/mol. The number of amides is 8. The first-order valence-corrected chi connectivity index (χ1v) is 24.4. The SMILES string of the molecule is CCn1cc(C(=O)O)c(=O)c2cc(F)c(N3CCN(C(=O)OCc4ccc(NC(=O)[C@H](CCCNC(N)=O)n5cc(C(NC(=O)[C@@H](C)NC(=O)CCCCCN6C(=O)CCC6=O)C(C)C)nn5)cc4)CC3)cc21. The van der Waals surface area contributed by atoms with Gasteiger partial charge in [-0.25, -0.2) is 23.5 Å². The van der Waals surface area contributed by atoms with E-state index in [-0.39, 0.29) is 99.7 Å². The number of rotatable bonds is 23. The number of fused-ring (bicyclic) bond motifs is 1. The summed E-state index contributed by atoms with van der Waals surface area (Å²) in [5, 5.41) is 29.0. The molecule has 0 saturated carbocycles. The number of imide groups is 1. The number of hydrogen-bond donors (Lipinski definition) is 6. The molecule has 2 fully saturated rings. The number of pyridine rings is 1. The van der Waals surface area contributed by atoms with Crippen molar-refractivity contribution in [2.45, 2.75) is 110 Å². The molecule has 392 valence electrons. The lowest BCUT2D eigenvalue weighted by atomic mass is 10.0. The van der Waals surface area contributed by atoms with Crippen molar-refractivity contribution in [3.05, 3.63) is 81.7 Å². The number of piperazine rings is 1. The Labute approximate surface area is 419 Å². The highest BCUT2D eigenvalue weighted by molar-refractivity contribution is 6.02. The molecule has 2 aliphatic heterocycles. The summed E-state index contributed by atoms with van der Waals surface area (Å²) >= 11 is 0. The van der Waals surface area contributed by atoms with Gasteiger partial charge in [-0.2, -0.15) is 0 Å². The van der Waals surface area contributed by atoms with Crippen molar-refractivity contribution < 1.29 is 52.6 Å². The number of carbonyl (C=O) groups is 8. The van der Waals surface area contributed by atoms with Gasteiger partial charge < -0.3 is 51.2 Å². The molecule has 0 radical (unpaired) electrons. The van der Waals surface area contributed by atoms with Gasteiger partial charge in [0, 0.05) is 82.3 Å². The van der Waals surface area contributed by atoms with Crippen molar-refractivity contribution >= 4 is 69.9 Å². The normalized spacial score (nSPS) is 15.0. The number of primary amides is 1. The van der Waals surface area contributed by atoms with E-state index in [0.29, 0.717) is 61.2 Å². The van der Waals surface area contributed by atoms with Gasteiger partial charge in [0.15, 0.2) is 0 Å². The Balaban J connectivity index is 0.998. The van der Waals surface area contributed by atoms with Crippen LogP contribution in [0.25, 0.3) is 10.9 Å². The number of nitrogens with one attached hydrogen (secondary N) is 4. The number of urea groups is 1. The van der Waals surface area contributed by atoms with Gasteiger partial charge in [0.25, 0.3) is 0 Å². The Hall–Kier alpha value is -7.92. The second kappa shape index (κ2) is 25.0. The number of hydrogen-bond acceptors (Lipinski definition) is 13. The fraction of sp³-hybridized carbons (Fsp3) is 0.490. The second-order valence-electron chi connectivity index (χ2n) is 18.3. The predicted molar refractivity (Wildman–Crippen MR) is 263 cm³/mol. The molecular formula is C49H63FN12O11. The third kappa shape index (κ3) is 14.2. The van der Waals surface area contributed by atoms with E-state index in [4.69, 9.17) is 10.5 Å². The number of unbranched alkanes of at least 4 members (excludes halogenated alkanes) is 2. The van der Waals surface area contributed by atoms with E-state index in [0.717, 1.165) is 6.07 Å². The summed E-state index contributed by atoms with van der Waals surface area (Å²) in [6, 6.07) is 6.06. The average Bonchev–Trinajstić information content (AvgIpc) is 3.97. The molecule has 0 aliphatic carbocycles. The first-order chi connectivity index (χ1) is 34.8. The number of nitrogens with zero attached hydrogens (tertiary/aromatic N) is 7. The van der Waals surface area contributed by atoms with Crippen molar-refractivity contribution in [1.82, 2.24) is 45.3 Å². The van der Waals surface area contributed by atoms with Crippen LogP contribution in [-0.2, 0) is 41.9 Å². The van der Waals surface area contributed by atoms with Gasteiger partial charge in [0.1, 0.15) is 35.8 Å². The molecule has 4 aromatic rings. The monoisotopic (exact) mass is 1010 g/mol. The lowest BCUT2D eigenvalue weighted by Crippen LogP contribution is -2.49. The summed E-state index contributed by atoms with van der Waals surface area (Å²) in [6.45, 7) is 8.85. The van der Waals surface area contributed by atoms with E-state index in [1.54, 1.807) is 53.8 Å². The third-order valence-corrected chi connectivity index (χ3v) is 12.8. The van der Waals surface area contributed by atoms with Crippen LogP contribution in [-0.4, -0.2) is 127 Å². The van der Waals surface area contributed by atoms with Gasteiger partial charge in [-0.1, -0.05) is 37.6 Å². The summed E-state index contributed by atoms with van der Waals surface area (Å²) in [5.74, 6) is -3.84. The molecule has 1 unspecified atom stereocenters. The van der Waals surface area contributed by atoms with Crippen molar-refractivity contribution in [1.29, 1.82) is 0 Å². The number of carbonyl (C=O) groups excluding carboxylic acids is 7. The largest absolute Gasteiger partial charge is 0.477 e. The summed E-state index contributed by atoms with van der Waals surface area (Å²) in [4.78, 5) is 117. The highest BCUT2D eigenvalue weighted by Crippen LogP contribution is 2.28. The molecule has 6 rings (SSSR count). The van der Waals surface area contributed by atoms with Crippen molar-refractivity contribution in [3.8, 4) is 0 Å². The smallest absolute Gasteiger partial charge is 0.410 e. The Kier molecular flexibility index (Phi) is 18.6. The second-order valence-corrected chi connectivity index (χ2v) is 18.3. The molecule has 2 aromatic carbocycles. The number of aromatic nitrogens is 4. The van der Waals surface area contributed by atoms with Crippen LogP contribution in [0.5, 0.6) is 0 Å². The average molecular weight is 1020 g/mol. The first kappa shape index (κ1) is 54.4. The molecule has 8 amide bonds. The van der Waals surface area contributed by atoms with Crippen LogP contribution < -0.4 is 37.3 Å². The molecule has 0 spiro atoms. The number of nitrogens with two attached hydrogens (primary N) is 1. The maximum absolute atomic E-state index is 15.4. The fourth-order valence-corrected chi connectivity index (χ4v) is 8.65. The van der Waals surface area contributed by atoms with Crippen molar-refractivity contribution in [2.24, 2.45) is 11.7 Å². The summed E-state index contributed by atoms with van der Waals surface area (Å²) in [5.41, 5.74) is 6.08.